The zero-order valence-corrected chi connectivity index (χ0v) is 15.2. The predicted octanol–water partition coefficient (Wildman–Crippen LogP) is 1.35. The van der Waals surface area contributed by atoms with Crippen LogP contribution in [0, 0.1) is 6.92 Å². The summed E-state index contributed by atoms with van der Waals surface area (Å²) in [6.07, 6.45) is -1.19. The minimum atomic E-state index is -1.35. The van der Waals surface area contributed by atoms with Crippen LogP contribution in [0.5, 0.6) is 5.75 Å². The van der Waals surface area contributed by atoms with Crippen molar-refractivity contribution in [1.29, 1.82) is 0 Å². The Balaban J connectivity index is 1.50. The standard InChI is InChI=1S/C20H23N3O4/c1-14-5-4-7-16(22-14)19(25)20(26)21-10-9-18(24)23-11-12-27-17-8-3-2-6-15(17)13-23/h2-8,19,25H,9-13H2,1H3,(H,21,26). The number of nitrogens with one attached hydrogen (secondary N) is 1. The van der Waals surface area contributed by atoms with E-state index in [-0.39, 0.29) is 18.9 Å². The highest BCUT2D eigenvalue weighted by Crippen LogP contribution is 2.22. The molecule has 0 saturated carbocycles. The SMILES string of the molecule is Cc1cccc(C(O)C(=O)NCCC(=O)N2CCOc3ccccc3C2)n1. The number of hydrogen-bond acceptors (Lipinski definition) is 5. The van der Waals surface area contributed by atoms with Crippen molar-refractivity contribution in [2.45, 2.75) is 26.0 Å². The quantitative estimate of drug-likeness (QED) is 0.830. The molecule has 0 saturated heterocycles. The highest BCUT2D eigenvalue weighted by molar-refractivity contribution is 5.82. The summed E-state index contributed by atoms with van der Waals surface area (Å²) in [6.45, 7) is 3.36. The topological polar surface area (TPSA) is 91.8 Å². The summed E-state index contributed by atoms with van der Waals surface area (Å²) in [5.74, 6) is 0.166. The van der Waals surface area contributed by atoms with Gasteiger partial charge in [0.25, 0.3) is 5.91 Å². The van der Waals surface area contributed by atoms with Crippen LogP contribution in [0.15, 0.2) is 42.5 Å². The van der Waals surface area contributed by atoms with E-state index < -0.39 is 12.0 Å². The van der Waals surface area contributed by atoms with Gasteiger partial charge in [0.05, 0.1) is 12.2 Å². The molecule has 0 aliphatic carbocycles. The fourth-order valence-corrected chi connectivity index (χ4v) is 2.94. The van der Waals surface area contributed by atoms with Crippen LogP contribution >= 0.6 is 0 Å². The summed E-state index contributed by atoms with van der Waals surface area (Å²) in [5, 5.41) is 12.7. The van der Waals surface area contributed by atoms with Crippen LogP contribution in [0.25, 0.3) is 0 Å². The highest BCUT2D eigenvalue weighted by atomic mass is 16.5. The van der Waals surface area contributed by atoms with E-state index in [2.05, 4.69) is 10.3 Å². The molecule has 2 aromatic rings. The van der Waals surface area contributed by atoms with Crippen molar-refractivity contribution in [1.82, 2.24) is 15.2 Å². The number of pyridine rings is 1. The minimum absolute atomic E-state index is 0.0706. The van der Waals surface area contributed by atoms with Gasteiger partial charge in [-0.25, -0.2) is 0 Å². The zero-order chi connectivity index (χ0) is 19.2. The number of aromatic nitrogens is 1. The molecule has 1 aromatic carbocycles. The average Bonchev–Trinajstić information content (AvgIpc) is 2.89. The van der Waals surface area contributed by atoms with E-state index in [9.17, 15) is 14.7 Å². The van der Waals surface area contributed by atoms with Crippen molar-refractivity contribution in [3.05, 3.63) is 59.4 Å². The third-order valence-electron chi connectivity index (χ3n) is 4.38. The Morgan fingerprint density at radius 2 is 2.07 bits per heavy atom. The average molecular weight is 369 g/mol. The Kier molecular flexibility index (Phi) is 6.03. The van der Waals surface area contributed by atoms with E-state index in [1.54, 1.807) is 30.0 Å². The lowest BCUT2D eigenvalue weighted by molar-refractivity contribution is -0.132. The first-order valence-electron chi connectivity index (χ1n) is 8.92. The maximum atomic E-state index is 12.5. The molecule has 0 radical (unpaired) electrons. The van der Waals surface area contributed by atoms with E-state index in [0.717, 1.165) is 17.0 Å². The molecule has 1 atom stereocenters. The number of aliphatic hydroxyl groups excluding tert-OH is 1. The molecule has 0 fully saturated rings. The number of fused-ring (bicyclic) bond motifs is 1. The molecule has 0 spiro atoms. The number of hydrogen-bond donors (Lipinski definition) is 2. The van der Waals surface area contributed by atoms with Crippen LogP contribution in [0.3, 0.4) is 0 Å². The molecule has 1 unspecified atom stereocenters. The Morgan fingerprint density at radius 3 is 2.89 bits per heavy atom. The van der Waals surface area contributed by atoms with Gasteiger partial charge in [0.2, 0.25) is 5.91 Å². The molecule has 7 nitrogen and oxygen atoms in total. The first-order valence-corrected chi connectivity index (χ1v) is 8.92. The summed E-state index contributed by atoms with van der Waals surface area (Å²) in [5.41, 5.74) is 1.98. The molecular weight excluding hydrogens is 346 g/mol. The number of benzene rings is 1. The van der Waals surface area contributed by atoms with Gasteiger partial charge in [-0.2, -0.15) is 0 Å². The van der Waals surface area contributed by atoms with E-state index >= 15 is 0 Å². The number of rotatable bonds is 5. The molecule has 27 heavy (non-hydrogen) atoms. The molecule has 0 bridgehead atoms. The smallest absolute Gasteiger partial charge is 0.255 e. The number of para-hydroxylation sites is 1. The van der Waals surface area contributed by atoms with Crippen molar-refractivity contribution in [3.63, 3.8) is 0 Å². The second-order valence-electron chi connectivity index (χ2n) is 6.42. The zero-order valence-electron chi connectivity index (χ0n) is 15.2. The molecule has 142 valence electrons. The predicted molar refractivity (Wildman–Crippen MR) is 98.9 cm³/mol. The van der Waals surface area contributed by atoms with Gasteiger partial charge >= 0.3 is 0 Å². The Morgan fingerprint density at radius 1 is 1.26 bits per heavy atom. The summed E-state index contributed by atoms with van der Waals surface area (Å²) >= 11 is 0. The largest absolute Gasteiger partial charge is 0.491 e. The second kappa shape index (κ2) is 8.64. The first kappa shape index (κ1) is 18.8. The molecule has 1 aromatic heterocycles. The number of carbonyl (C=O) groups excluding carboxylic acids is 2. The number of nitrogens with zero attached hydrogens (tertiary/aromatic N) is 2. The second-order valence-corrected chi connectivity index (χ2v) is 6.42. The van der Waals surface area contributed by atoms with Crippen LogP contribution in [-0.4, -0.2) is 46.5 Å². The van der Waals surface area contributed by atoms with Crippen LogP contribution in [0.1, 0.15) is 29.5 Å². The lowest BCUT2D eigenvalue weighted by Gasteiger charge is -2.20. The number of aryl methyl sites for hydroxylation is 1. The monoisotopic (exact) mass is 369 g/mol. The number of ether oxygens (including phenoxy) is 1. The molecular formula is C20H23N3O4. The van der Waals surface area contributed by atoms with Gasteiger partial charge in [0.15, 0.2) is 6.10 Å². The molecule has 2 heterocycles. The van der Waals surface area contributed by atoms with Gasteiger partial charge in [-0.15, -0.1) is 0 Å². The van der Waals surface area contributed by atoms with Gasteiger partial charge < -0.3 is 20.1 Å². The number of carbonyl (C=O) groups is 2. The summed E-state index contributed by atoms with van der Waals surface area (Å²) in [7, 11) is 0. The van der Waals surface area contributed by atoms with Gasteiger partial charge in [-0.05, 0) is 25.1 Å². The fraction of sp³-hybridized carbons (Fsp3) is 0.350. The first-order chi connectivity index (χ1) is 13.0. The van der Waals surface area contributed by atoms with Crippen molar-refractivity contribution >= 4 is 11.8 Å². The molecule has 1 aliphatic rings. The number of aliphatic hydroxyl groups is 1. The van der Waals surface area contributed by atoms with E-state index in [1.165, 1.54) is 0 Å². The van der Waals surface area contributed by atoms with E-state index in [4.69, 9.17) is 4.74 Å². The van der Waals surface area contributed by atoms with Gasteiger partial charge in [0.1, 0.15) is 12.4 Å². The highest BCUT2D eigenvalue weighted by Gasteiger charge is 2.21. The lowest BCUT2D eigenvalue weighted by atomic mass is 10.2. The maximum absolute atomic E-state index is 12.5. The third-order valence-corrected chi connectivity index (χ3v) is 4.38. The Labute approximate surface area is 158 Å². The van der Waals surface area contributed by atoms with Crippen molar-refractivity contribution in [2.24, 2.45) is 0 Å². The molecule has 3 rings (SSSR count). The van der Waals surface area contributed by atoms with Gasteiger partial charge in [-0.1, -0.05) is 24.3 Å². The van der Waals surface area contributed by atoms with Gasteiger partial charge in [0, 0.05) is 30.8 Å². The van der Waals surface area contributed by atoms with E-state index in [0.29, 0.717) is 25.4 Å². The van der Waals surface area contributed by atoms with Crippen molar-refractivity contribution in [2.75, 3.05) is 19.7 Å². The van der Waals surface area contributed by atoms with Crippen molar-refractivity contribution < 1.29 is 19.4 Å². The molecule has 2 amide bonds. The van der Waals surface area contributed by atoms with E-state index in [1.807, 2.05) is 24.3 Å². The van der Waals surface area contributed by atoms with Crippen LogP contribution in [0.4, 0.5) is 0 Å². The fourth-order valence-electron chi connectivity index (χ4n) is 2.94. The van der Waals surface area contributed by atoms with Gasteiger partial charge in [-0.3, -0.25) is 14.6 Å². The Hall–Kier alpha value is -2.93. The van der Waals surface area contributed by atoms with Crippen molar-refractivity contribution in [3.8, 4) is 5.75 Å². The molecule has 2 N–H and O–H groups in total. The van der Waals surface area contributed by atoms with Crippen LogP contribution in [0.2, 0.25) is 0 Å². The summed E-state index contributed by atoms with van der Waals surface area (Å²) in [6, 6.07) is 12.8. The normalized spacial score (nSPS) is 14.5. The van der Waals surface area contributed by atoms with Crippen LogP contribution in [-0.2, 0) is 16.1 Å². The number of amides is 2. The third kappa shape index (κ3) is 4.83. The lowest BCUT2D eigenvalue weighted by Crippen LogP contribution is -2.36. The Bertz CT molecular complexity index is 824. The molecule has 7 heteroatoms. The summed E-state index contributed by atoms with van der Waals surface area (Å²) < 4.78 is 5.66. The summed E-state index contributed by atoms with van der Waals surface area (Å²) in [4.78, 5) is 30.4. The molecule has 1 aliphatic heterocycles. The van der Waals surface area contributed by atoms with Crippen LogP contribution < -0.4 is 10.1 Å². The minimum Gasteiger partial charge on any atom is -0.491 e. The maximum Gasteiger partial charge on any atom is 0.255 e.